The molecule has 2 aromatic rings. The van der Waals surface area contributed by atoms with Crippen molar-refractivity contribution in [2.45, 2.75) is 13.5 Å². The molecule has 0 fully saturated rings. The van der Waals surface area contributed by atoms with Crippen LogP contribution >= 0.6 is 0 Å². The van der Waals surface area contributed by atoms with E-state index in [0.29, 0.717) is 12.4 Å². The molecule has 1 heterocycles. The average Bonchev–Trinajstić information content (AvgIpc) is 2.61. The van der Waals surface area contributed by atoms with Crippen molar-refractivity contribution < 1.29 is 9.31 Å². The molecule has 0 radical (unpaired) electrons. The van der Waals surface area contributed by atoms with Crippen LogP contribution in [0, 0.1) is 22.9 Å². The predicted molar refractivity (Wildman–Crippen MR) is 59.1 cm³/mol. The Morgan fingerprint density at radius 3 is 2.88 bits per heavy atom. The Kier molecular flexibility index (Phi) is 2.86. The maximum atomic E-state index is 13.0. The Bertz CT molecular complexity index is 566. The molecule has 0 N–H and O–H groups in total. The van der Waals surface area contributed by atoms with Gasteiger partial charge in [0.25, 0.3) is 0 Å². The van der Waals surface area contributed by atoms with E-state index in [1.165, 1.54) is 18.3 Å². The molecule has 6 heteroatoms. The summed E-state index contributed by atoms with van der Waals surface area (Å²) in [5, 5.41) is 10.5. The highest BCUT2D eigenvalue weighted by Crippen LogP contribution is 2.13. The maximum absolute atomic E-state index is 13.0. The number of benzene rings is 1. The summed E-state index contributed by atoms with van der Waals surface area (Å²) in [5.41, 5.74) is 0.736. The normalized spacial score (nSPS) is 10.5. The second-order valence-electron chi connectivity index (χ2n) is 3.66. The zero-order chi connectivity index (χ0) is 12.4. The molecule has 0 aliphatic heterocycles. The first kappa shape index (κ1) is 11.3. The lowest BCUT2D eigenvalue weighted by Crippen LogP contribution is -2.00. The predicted octanol–water partition coefficient (Wildman–Crippen LogP) is 2.29. The van der Waals surface area contributed by atoms with Crippen LogP contribution in [0.3, 0.4) is 0 Å². The standard InChI is InChI=1S/C11H10FN3O2/c1-8-13-11(15(16)17)7-14(8)6-9-3-2-4-10(12)5-9/h2-5,7H,6H2,1H3. The molecule has 0 atom stereocenters. The number of nitro groups is 1. The number of aryl methyl sites for hydroxylation is 1. The van der Waals surface area contributed by atoms with Crippen molar-refractivity contribution in [3.05, 3.63) is 57.8 Å². The first-order chi connectivity index (χ1) is 8.06. The van der Waals surface area contributed by atoms with E-state index in [4.69, 9.17) is 0 Å². The van der Waals surface area contributed by atoms with E-state index >= 15 is 0 Å². The van der Waals surface area contributed by atoms with Gasteiger partial charge in [-0.15, -0.1) is 0 Å². The lowest BCUT2D eigenvalue weighted by Gasteiger charge is -2.02. The molecule has 0 aliphatic rings. The zero-order valence-electron chi connectivity index (χ0n) is 9.13. The number of halogens is 1. The van der Waals surface area contributed by atoms with E-state index in [-0.39, 0.29) is 11.6 Å². The number of hydrogen-bond donors (Lipinski definition) is 0. The Balaban J connectivity index is 2.27. The SMILES string of the molecule is Cc1nc([N+](=O)[O-])cn1Cc1cccc(F)c1. The number of rotatable bonds is 3. The molecule has 0 bridgehead atoms. The number of imidazole rings is 1. The van der Waals surface area contributed by atoms with Gasteiger partial charge in [0.15, 0.2) is 0 Å². The molecular formula is C11H10FN3O2. The molecule has 0 spiro atoms. The number of aromatic nitrogens is 2. The van der Waals surface area contributed by atoms with Crippen molar-refractivity contribution in [3.63, 3.8) is 0 Å². The summed E-state index contributed by atoms with van der Waals surface area (Å²) in [5.74, 6) is 0.00892. The van der Waals surface area contributed by atoms with Gasteiger partial charge in [0.05, 0.1) is 6.54 Å². The van der Waals surface area contributed by atoms with Crippen LogP contribution in [0.25, 0.3) is 0 Å². The van der Waals surface area contributed by atoms with Crippen molar-refractivity contribution in [2.75, 3.05) is 0 Å². The van der Waals surface area contributed by atoms with Crippen molar-refractivity contribution in [2.24, 2.45) is 0 Å². The van der Waals surface area contributed by atoms with E-state index < -0.39 is 4.92 Å². The van der Waals surface area contributed by atoms with Gasteiger partial charge in [-0.1, -0.05) is 12.1 Å². The molecule has 0 saturated heterocycles. The fourth-order valence-corrected chi connectivity index (χ4v) is 1.57. The van der Waals surface area contributed by atoms with Crippen LogP contribution in [0.4, 0.5) is 10.2 Å². The van der Waals surface area contributed by atoms with E-state index in [0.717, 1.165) is 5.56 Å². The largest absolute Gasteiger partial charge is 0.381 e. The Morgan fingerprint density at radius 1 is 1.53 bits per heavy atom. The maximum Gasteiger partial charge on any atom is 0.381 e. The van der Waals surface area contributed by atoms with Gasteiger partial charge < -0.3 is 14.7 Å². The van der Waals surface area contributed by atoms with Gasteiger partial charge in [0, 0.05) is 6.92 Å². The summed E-state index contributed by atoms with van der Waals surface area (Å²) in [6.45, 7) is 2.04. The highest BCUT2D eigenvalue weighted by molar-refractivity contribution is 5.21. The van der Waals surface area contributed by atoms with Gasteiger partial charge in [0.2, 0.25) is 5.82 Å². The number of nitrogens with zero attached hydrogens (tertiary/aromatic N) is 3. The van der Waals surface area contributed by atoms with Crippen LogP contribution < -0.4 is 0 Å². The topological polar surface area (TPSA) is 61.0 Å². The summed E-state index contributed by atoms with van der Waals surface area (Å²) in [6, 6.07) is 6.11. The van der Waals surface area contributed by atoms with Crippen LogP contribution in [0.5, 0.6) is 0 Å². The molecule has 0 saturated carbocycles. The second-order valence-corrected chi connectivity index (χ2v) is 3.66. The van der Waals surface area contributed by atoms with E-state index in [2.05, 4.69) is 4.98 Å². The Morgan fingerprint density at radius 2 is 2.29 bits per heavy atom. The zero-order valence-corrected chi connectivity index (χ0v) is 9.13. The monoisotopic (exact) mass is 235 g/mol. The third kappa shape index (κ3) is 2.47. The summed E-state index contributed by atoms with van der Waals surface area (Å²) in [4.78, 5) is 13.8. The van der Waals surface area contributed by atoms with Crippen molar-refractivity contribution >= 4 is 5.82 Å². The summed E-state index contributed by atoms with van der Waals surface area (Å²) in [7, 11) is 0. The van der Waals surface area contributed by atoms with Crippen LogP contribution in [0.2, 0.25) is 0 Å². The first-order valence-corrected chi connectivity index (χ1v) is 4.99. The molecule has 5 nitrogen and oxygen atoms in total. The molecule has 1 aromatic carbocycles. The number of hydrogen-bond acceptors (Lipinski definition) is 3. The Hall–Kier alpha value is -2.24. The molecule has 0 amide bonds. The van der Waals surface area contributed by atoms with Gasteiger partial charge in [0.1, 0.15) is 12.0 Å². The third-order valence-corrected chi connectivity index (χ3v) is 2.39. The average molecular weight is 235 g/mol. The quantitative estimate of drug-likeness (QED) is 0.605. The van der Waals surface area contributed by atoms with Crippen molar-refractivity contribution in [3.8, 4) is 0 Å². The van der Waals surface area contributed by atoms with Crippen LogP contribution in [0.1, 0.15) is 11.4 Å². The van der Waals surface area contributed by atoms with Gasteiger partial charge in [-0.2, -0.15) is 0 Å². The molecular weight excluding hydrogens is 225 g/mol. The van der Waals surface area contributed by atoms with Crippen molar-refractivity contribution in [1.29, 1.82) is 0 Å². The lowest BCUT2D eigenvalue weighted by atomic mass is 10.2. The highest BCUT2D eigenvalue weighted by Gasteiger charge is 2.14. The van der Waals surface area contributed by atoms with Crippen LogP contribution in [-0.2, 0) is 6.54 Å². The van der Waals surface area contributed by atoms with Gasteiger partial charge >= 0.3 is 5.82 Å². The minimum atomic E-state index is -0.547. The lowest BCUT2D eigenvalue weighted by molar-refractivity contribution is -0.389. The molecule has 2 rings (SSSR count). The van der Waals surface area contributed by atoms with Gasteiger partial charge in [-0.05, 0) is 27.6 Å². The minimum absolute atomic E-state index is 0.195. The summed E-state index contributed by atoms with van der Waals surface area (Å²) in [6.07, 6.45) is 1.35. The van der Waals surface area contributed by atoms with E-state index in [1.807, 2.05) is 0 Å². The van der Waals surface area contributed by atoms with Gasteiger partial charge in [-0.3, -0.25) is 0 Å². The second kappa shape index (κ2) is 4.32. The molecule has 0 aliphatic carbocycles. The summed E-state index contributed by atoms with van der Waals surface area (Å²) < 4.78 is 14.6. The fraction of sp³-hybridized carbons (Fsp3) is 0.182. The van der Waals surface area contributed by atoms with Gasteiger partial charge in [-0.25, -0.2) is 4.39 Å². The molecule has 1 aromatic heterocycles. The smallest absolute Gasteiger partial charge is 0.358 e. The van der Waals surface area contributed by atoms with Crippen LogP contribution in [-0.4, -0.2) is 14.5 Å². The summed E-state index contributed by atoms with van der Waals surface area (Å²) >= 11 is 0. The van der Waals surface area contributed by atoms with E-state index in [1.54, 1.807) is 23.6 Å². The third-order valence-electron chi connectivity index (χ3n) is 2.39. The first-order valence-electron chi connectivity index (χ1n) is 4.99. The fourth-order valence-electron chi connectivity index (χ4n) is 1.57. The Labute approximate surface area is 96.7 Å². The molecule has 0 unspecified atom stereocenters. The van der Waals surface area contributed by atoms with Crippen molar-refractivity contribution in [1.82, 2.24) is 9.55 Å². The van der Waals surface area contributed by atoms with Crippen LogP contribution in [0.15, 0.2) is 30.5 Å². The highest BCUT2D eigenvalue weighted by atomic mass is 19.1. The minimum Gasteiger partial charge on any atom is -0.358 e. The molecule has 88 valence electrons. The van der Waals surface area contributed by atoms with E-state index in [9.17, 15) is 14.5 Å². The molecule has 17 heavy (non-hydrogen) atoms.